The molecule has 1 aliphatic heterocycles. The van der Waals surface area contributed by atoms with Crippen molar-refractivity contribution < 1.29 is 9.53 Å². The number of aromatic nitrogens is 1. The highest BCUT2D eigenvalue weighted by atomic mass is 16.5. The molecule has 1 aromatic rings. The van der Waals surface area contributed by atoms with Crippen LogP contribution in [0.25, 0.3) is 0 Å². The standard InChI is InChI=1S/C12H17N3O2/c13-12(16)11-7-10(3-6-15-11)17-8-9-1-4-14-5-2-9/h3,6-7,9,14H,1-2,4-5,8H2,(H2,13,16). The number of hydrogen-bond acceptors (Lipinski definition) is 4. The Hall–Kier alpha value is -1.62. The second-order valence-corrected chi connectivity index (χ2v) is 4.25. The van der Waals surface area contributed by atoms with Gasteiger partial charge in [-0.25, -0.2) is 0 Å². The Morgan fingerprint density at radius 1 is 1.53 bits per heavy atom. The lowest BCUT2D eigenvalue weighted by Crippen LogP contribution is -2.30. The normalized spacial score (nSPS) is 16.7. The topological polar surface area (TPSA) is 77.2 Å². The van der Waals surface area contributed by atoms with Crippen molar-refractivity contribution in [3.05, 3.63) is 24.0 Å². The molecule has 3 N–H and O–H groups in total. The molecule has 2 rings (SSSR count). The molecule has 1 aliphatic rings. The van der Waals surface area contributed by atoms with E-state index in [9.17, 15) is 4.79 Å². The molecule has 5 heteroatoms. The van der Waals surface area contributed by atoms with E-state index in [0.29, 0.717) is 18.3 Å². The molecule has 2 heterocycles. The predicted octanol–water partition coefficient (Wildman–Crippen LogP) is 0.559. The number of ether oxygens (including phenoxy) is 1. The van der Waals surface area contributed by atoms with Gasteiger partial charge in [0.2, 0.25) is 0 Å². The van der Waals surface area contributed by atoms with Crippen LogP contribution in [-0.4, -0.2) is 30.6 Å². The van der Waals surface area contributed by atoms with E-state index in [-0.39, 0.29) is 5.69 Å². The van der Waals surface area contributed by atoms with E-state index in [1.807, 2.05) is 0 Å². The average Bonchev–Trinajstić information content (AvgIpc) is 2.38. The Labute approximate surface area is 100 Å². The van der Waals surface area contributed by atoms with Crippen molar-refractivity contribution in [1.29, 1.82) is 0 Å². The summed E-state index contributed by atoms with van der Waals surface area (Å²) < 4.78 is 5.66. The van der Waals surface area contributed by atoms with Crippen molar-refractivity contribution in [2.45, 2.75) is 12.8 Å². The minimum atomic E-state index is -0.530. The molecule has 0 unspecified atom stereocenters. The van der Waals surface area contributed by atoms with Crippen LogP contribution in [0.3, 0.4) is 0 Å². The number of carbonyl (C=O) groups is 1. The molecule has 1 fully saturated rings. The van der Waals surface area contributed by atoms with E-state index in [4.69, 9.17) is 10.5 Å². The van der Waals surface area contributed by atoms with Crippen molar-refractivity contribution >= 4 is 5.91 Å². The molecule has 1 aromatic heterocycles. The highest BCUT2D eigenvalue weighted by Gasteiger charge is 2.13. The molecular formula is C12H17N3O2. The van der Waals surface area contributed by atoms with Crippen molar-refractivity contribution in [2.24, 2.45) is 11.7 Å². The quantitative estimate of drug-likeness (QED) is 0.799. The summed E-state index contributed by atoms with van der Waals surface area (Å²) in [7, 11) is 0. The van der Waals surface area contributed by atoms with Crippen molar-refractivity contribution in [3.8, 4) is 5.75 Å². The van der Waals surface area contributed by atoms with Gasteiger partial charge >= 0.3 is 0 Å². The van der Waals surface area contributed by atoms with Crippen molar-refractivity contribution in [2.75, 3.05) is 19.7 Å². The second kappa shape index (κ2) is 5.63. The van der Waals surface area contributed by atoms with Gasteiger partial charge in [0.15, 0.2) is 0 Å². The van der Waals surface area contributed by atoms with Crippen LogP contribution in [0.15, 0.2) is 18.3 Å². The first-order valence-electron chi connectivity index (χ1n) is 5.85. The molecule has 0 aliphatic carbocycles. The molecule has 0 aromatic carbocycles. The van der Waals surface area contributed by atoms with E-state index in [2.05, 4.69) is 10.3 Å². The molecule has 0 spiro atoms. The predicted molar refractivity (Wildman–Crippen MR) is 63.8 cm³/mol. The number of piperidine rings is 1. The fraction of sp³-hybridized carbons (Fsp3) is 0.500. The van der Waals surface area contributed by atoms with Crippen LogP contribution in [0.4, 0.5) is 0 Å². The molecule has 0 atom stereocenters. The molecular weight excluding hydrogens is 218 g/mol. The number of nitrogens with one attached hydrogen (secondary N) is 1. The number of pyridine rings is 1. The van der Waals surface area contributed by atoms with Crippen LogP contribution in [0.1, 0.15) is 23.3 Å². The first kappa shape index (κ1) is 11.9. The number of primary amides is 1. The first-order valence-corrected chi connectivity index (χ1v) is 5.85. The average molecular weight is 235 g/mol. The zero-order chi connectivity index (χ0) is 12.1. The van der Waals surface area contributed by atoms with E-state index < -0.39 is 5.91 Å². The Kier molecular flexibility index (Phi) is 3.93. The van der Waals surface area contributed by atoms with Gasteiger partial charge in [-0.1, -0.05) is 0 Å². The lowest BCUT2D eigenvalue weighted by Gasteiger charge is -2.22. The third kappa shape index (κ3) is 3.42. The minimum absolute atomic E-state index is 0.243. The van der Waals surface area contributed by atoms with Crippen LogP contribution < -0.4 is 15.8 Å². The van der Waals surface area contributed by atoms with Crippen LogP contribution in [0.5, 0.6) is 5.75 Å². The molecule has 1 saturated heterocycles. The van der Waals surface area contributed by atoms with Crippen LogP contribution in [0.2, 0.25) is 0 Å². The van der Waals surface area contributed by atoms with E-state index >= 15 is 0 Å². The SMILES string of the molecule is NC(=O)c1cc(OCC2CCNCC2)ccn1. The third-order valence-electron chi connectivity index (χ3n) is 2.93. The summed E-state index contributed by atoms with van der Waals surface area (Å²) >= 11 is 0. The maximum Gasteiger partial charge on any atom is 0.267 e. The molecule has 0 radical (unpaired) electrons. The van der Waals surface area contributed by atoms with Gasteiger partial charge in [-0.2, -0.15) is 0 Å². The lowest BCUT2D eigenvalue weighted by molar-refractivity contribution is 0.0995. The highest BCUT2D eigenvalue weighted by molar-refractivity contribution is 5.91. The third-order valence-corrected chi connectivity index (χ3v) is 2.93. The Morgan fingerprint density at radius 2 is 2.29 bits per heavy atom. The van der Waals surface area contributed by atoms with Gasteiger partial charge in [-0.15, -0.1) is 0 Å². The van der Waals surface area contributed by atoms with Crippen molar-refractivity contribution in [1.82, 2.24) is 10.3 Å². The number of nitrogens with zero attached hydrogens (tertiary/aromatic N) is 1. The Balaban J connectivity index is 1.89. The van der Waals surface area contributed by atoms with Gasteiger partial charge in [-0.3, -0.25) is 9.78 Å². The van der Waals surface area contributed by atoms with Gasteiger partial charge in [-0.05, 0) is 37.9 Å². The number of rotatable bonds is 4. The Bertz CT molecular complexity index is 389. The van der Waals surface area contributed by atoms with Crippen molar-refractivity contribution in [3.63, 3.8) is 0 Å². The summed E-state index contributed by atoms with van der Waals surface area (Å²) in [5.74, 6) is 0.714. The highest BCUT2D eigenvalue weighted by Crippen LogP contribution is 2.16. The van der Waals surface area contributed by atoms with E-state index in [0.717, 1.165) is 25.9 Å². The number of nitrogens with two attached hydrogens (primary N) is 1. The smallest absolute Gasteiger partial charge is 0.267 e. The van der Waals surface area contributed by atoms with Gasteiger partial charge in [0.25, 0.3) is 5.91 Å². The molecule has 5 nitrogen and oxygen atoms in total. The summed E-state index contributed by atoms with van der Waals surface area (Å²) in [5, 5.41) is 3.31. The largest absolute Gasteiger partial charge is 0.493 e. The summed E-state index contributed by atoms with van der Waals surface area (Å²) in [4.78, 5) is 14.8. The molecule has 0 saturated carbocycles. The van der Waals surface area contributed by atoms with Crippen LogP contribution >= 0.6 is 0 Å². The van der Waals surface area contributed by atoms with Crippen LogP contribution in [-0.2, 0) is 0 Å². The fourth-order valence-electron chi connectivity index (χ4n) is 1.90. The first-order chi connectivity index (χ1) is 8.25. The van der Waals surface area contributed by atoms with Gasteiger partial charge in [0, 0.05) is 12.3 Å². The van der Waals surface area contributed by atoms with Gasteiger partial charge in [0.05, 0.1) is 6.61 Å². The molecule has 0 bridgehead atoms. The molecule has 92 valence electrons. The number of carbonyl (C=O) groups excluding carboxylic acids is 1. The molecule has 17 heavy (non-hydrogen) atoms. The van der Waals surface area contributed by atoms with E-state index in [1.165, 1.54) is 6.20 Å². The monoisotopic (exact) mass is 235 g/mol. The maximum absolute atomic E-state index is 11.0. The fourth-order valence-corrected chi connectivity index (χ4v) is 1.90. The zero-order valence-electron chi connectivity index (χ0n) is 9.69. The summed E-state index contributed by atoms with van der Waals surface area (Å²) in [6, 6.07) is 3.33. The Morgan fingerprint density at radius 3 is 3.00 bits per heavy atom. The summed E-state index contributed by atoms with van der Waals surface area (Å²) in [5.41, 5.74) is 5.40. The molecule has 1 amide bonds. The summed E-state index contributed by atoms with van der Waals surface area (Å²) in [6.07, 6.45) is 3.80. The summed E-state index contributed by atoms with van der Waals surface area (Å²) in [6.45, 7) is 2.79. The second-order valence-electron chi connectivity index (χ2n) is 4.25. The minimum Gasteiger partial charge on any atom is -0.493 e. The number of hydrogen-bond donors (Lipinski definition) is 2. The maximum atomic E-state index is 11.0. The van der Waals surface area contributed by atoms with Crippen LogP contribution in [0, 0.1) is 5.92 Å². The number of amides is 1. The lowest BCUT2D eigenvalue weighted by atomic mass is 9.99. The zero-order valence-corrected chi connectivity index (χ0v) is 9.69. The van der Waals surface area contributed by atoms with Gasteiger partial charge < -0.3 is 15.8 Å². The van der Waals surface area contributed by atoms with E-state index in [1.54, 1.807) is 12.1 Å². The van der Waals surface area contributed by atoms with Gasteiger partial charge in [0.1, 0.15) is 11.4 Å².